The Balaban J connectivity index is 2.14. The average Bonchev–Trinajstić information content (AvgIpc) is 2.18. The molecule has 0 spiro atoms. The van der Waals surface area contributed by atoms with Gasteiger partial charge in [0.25, 0.3) is 0 Å². The van der Waals surface area contributed by atoms with Crippen molar-refractivity contribution in [2.24, 2.45) is 0 Å². The summed E-state index contributed by atoms with van der Waals surface area (Å²) in [6.45, 7) is 4.47. The lowest BCUT2D eigenvalue weighted by Crippen LogP contribution is -2.31. The first-order chi connectivity index (χ1) is 6.75. The Labute approximate surface area is 86.0 Å². The van der Waals surface area contributed by atoms with Gasteiger partial charge in [-0.3, -0.25) is 4.98 Å². The van der Waals surface area contributed by atoms with Gasteiger partial charge in [0, 0.05) is 23.9 Å². The minimum Gasteiger partial charge on any atom is -0.306 e. The van der Waals surface area contributed by atoms with Gasteiger partial charge in [-0.05, 0) is 45.5 Å². The molecule has 1 saturated heterocycles. The molecule has 0 unspecified atom stereocenters. The highest BCUT2D eigenvalue weighted by Crippen LogP contribution is 2.24. The van der Waals surface area contributed by atoms with Crippen molar-refractivity contribution in [1.82, 2.24) is 9.88 Å². The molecule has 0 aromatic carbocycles. The van der Waals surface area contributed by atoms with Crippen LogP contribution >= 0.6 is 0 Å². The fourth-order valence-electron chi connectivity index (χ4n) is 2.20. The first-order valence-corrected chi connectivity index (χ1v) is 5.38. The van der Waals surface area contributed by atoms with Crippen LogP contribution < -0.4 is 0 Å². The topological polar surface area (TPSA) is 16.1 Å². The van der Waals surface area contributed by atoms with Gasteiger partial charge in [0.05, 0.1) is 0 Å². The number of aryl methyl sites for hydroxylation is 1. The quantitative estimate of drug-likeness (QED) is 0.675. The Morgan fingerprint density at radius 2 is 2.29 bits per heavy atom. The van der Waals surface area contributed by atoms with Gasteiger partial charge in [-0.1, -0.05) is 6.07 Å². The first-order valence-electron chi connectivity index (χ1n) is 5.38. The molecule has 76 valence electrons. The molecule has 0 saturated carbocycles. The number of hydrogen-bond acceptors (Lipinski definition) is 2. The molecule has 0 aliphatic carbocycles. The van der Waals surface area contributed by atoms with E-state index in [1.807, 2.05) is 0 Å². The highest BCUT2D eigenvalue weighted by molar-refractivity contribution is 5.15. The molecule has 2 heterocycles. The van der Waals surface area contributed by atoms with E-state index >= 15 is 0 Å². The van der Waals surface area contributed by atoms with E-state index < -0.39 is 0 Å². The number of nitrogens with zero attached hydrogens (tertiary/aromatic N) is 2. The van der Waals surface area contributed by atoms with E-state index in [1.165, 1.54) is 25.1 Å². The molecule has 1 fully saturated rings. The van der Waals surface area contributed by atoms with Gasteiger partial charge in [0.1, 0.15) is 0 Å². The molecule has 14 heavy (non-hydrogen) atoms. The van der Waals surface area contributed by atoms with E-state index in [2.05, 4.69) is 42.1 Å². The summed E-state index contributed by atoms with van der Waals surface area (Å²) >= 11 is 0. The van der Waals surface area contributed by atoms with Crippen molar-refractivity contribution in [2.45, 2.75) is 25.7 Å². The summed E-state index contributed by atoms with van der Waals surface area (Å²) in [5, 5.41) is 0. The molecule has 2 nitrogen and oxygen atoms in total. The smallest absolute Gasteiger partial charge is 0.0450 e. The molecule has 0 amide bonds. The van der Waals surface area contributed by atoms with Gasteiger partial charge in [-0.25, -0.2) is 0 Å². The highest BCUT2D eigenvalue weighted by atomic mass is 15.1. The van der Waals surface area contributed by atoms with Gasteiger partial charge in [-0.15, -0.1) is 0 Å². The van der Waals surface area contributed by atoms with Crippen LogP contribution in [0.4, 0.5) is 0 Å². The SMILES string of the molecule is Cc1cccc([C@H]2CCCN(C)C2)n1. The second-order valence-corrected chi connectivity index (χ2v) is 4.31. The predicted octanol–water partition coefficient (Wildman–Crippen LogP) is 2.20. The third-order valence-electron chi connectivity index (χ3n) is 2.95. The van der Waals surface area contributed by atoms with E-state index in [1.54, 1.807) is 0 Å². The van der Waals surface area contributed by atoms with Crippen molar-refractivity contribution in [3.05, 3.63) is 29.6 Å². The summed E-state index contributed by atoms with van der Waals surface area (Å²) in [5.74, 6) is 0.647. The Bertz CT molecular complexity index is 309. The fourth-order valence-corrected chi connectivity index (χ4v) is 2.20. The van der Waals surface area contributed by atoms with E-state index in [0.29, 0.717) is 5.92 Å². The molecular formula is C12H18N2. The van der Waals surface area contributed by atoms with Crippen LogP contribution in [0.2, 0.25) is 0 Å². The lowest BCUT2D eigenvalue weighted by molar-refractivity contribution is 0.248. The van der Waals surface area contributed by atoms with Crippen LogP contribution in [0, 0.1) is 6.92 Å². The lowest BCUT2D eigenvalue weighted by Gasteiger charge is -2.29. The molecule has 1 aliphatic heterocycles. The summed E-state index contributed by atoms with van der Waals surface area (Å²) in [4.78, 5) is 7.01. The predicted molar refractivity (Wildman–Crippen MR) is 58.4 cm³/mol. The number of likely N-dealkylation sites (N-methyl/N-ethyl adjacent to an activating group) is 1. The Morgan fingerprint density at radius 3 is 3.00 bits per heavy atom. The molecule has 0 N–H and O–H groups in total. The van der Waals surface area contributed by atoms with Crippen molar-refractivity contribution in [2.75, 3.05) is 20.1 Å². The number of rotatable bonds is 1. The zero-order valence-electron chi connectivity index (χ0n) is 9.03. The maximum atomic E-state index is 4.60. The molecule has 2 rings (SSSR count). The van der Waals surface area contributed by atoms with E-state index in [9.17, 15) is 0 Å². The Kier molecular flexibility index (Phi) is 2.82. The second-order valence-electron chi connectivity index (χ2n) is 4.31. The van der Waals surface area contributed by atoms with Gasteiger partial charge >= 0.3 is 0 Å². The summed E-state index contributed by atoms with van der Waals surface area (Å²) in [7, 11) is 2.20. The molecule has 1 aliphatic rings. The largest absolute Gasteiger partial charge is 0.306 e. The van der Waals surface area contributed by atoms with Gasteiger partial charge in [-0.2, -0.15) is 0 Å². The van der Waals surface area contributed by atoms with E-state index in [0.717, 1.165) is 12.2 Å². The Hall–Kier alpha value is -0.890. The van der Waals surface area contributed by atoms with Crippen LogP contribution in [0.5, 0.6) is 0 Å². The number of piperidine rings is 1. The molecule has 1 aromatic rings. The van der Waals surface area contributed by atoms with Crippen LogP contribution in [0.3, 0.4) is 0 Å². The minimum absolute atomic E-state index is 0.647. The minimum atomic E-state index is 0.647. The normalized spacial score (nSPS) is 23.7. The summed E-state index contributed by atoms with van der Waals surface area (Å²) in [5.41, 5.74) is 2.41. The summed E-state index contributed by atoms with van der Waals surface area (Å²) < 4.78 is 0. The number of aromatic nitrogens is 1. The van der Waals surface area contributed by atoms with Crippen LogP contribution in [0.15, 0.2) is 18.2 Å². The van der Waals surface area contributed by atoms with Crippen molar-refractivity contribution in [3.63, 3.8) is 0 Å². The van der Waals surface area contributed by atoms with E-state index in [4.69, 9.17) is 0 Å². The van der Waals surface area contributed by atoms with E-state index in [-0.39, 0.29) is 0 Å². The van der Waals surface area contributed by atoms with Crippen molar-refractivity contribution < 1.29 is 0 Å². The van der Waals surface area contributed by atoms with Crippen LogP contribution in [0.25, 0.3) is 0 Å². The summed E-state index contributed by atoms with van der Waals surface area (Å²) in [6.07, 6.45) is 2.59. The first kappa shape index (κ1) is 9.66. The zero-order valence-corrected chi connectivity index (χ0v) is 9.03. The zero-order chi connectivity index (χ0) is 9.97. The second kappa shape index (κ2) is 4.09. The highest BCUT2D eigenvalue weighted by Gasteiger charge is 2.19. The van der Waals surface area contributed by atoms with Gasteiger partial charge in [0.15, 0.2) is 0 Å². The lowest BCUT2D eigenvalue weighted by atomic mass is 9.94. The number of pyridine rings is 1. The van der Waals surface area contributed by atoms with Gasteiger partial charge in [0.2, 0.25) is 0 Å². The maximum absolute atomic E-state index is 4.60. The third kappa shape index (κ3) is 2.13. The standard InChI is InChI=1S/C12H18N2/c1-10-5-3-7-12(13-10)11-6-4-8-14(2)9-11/h3,5,7,11H,4,6,8-9H2,1-2H3/t11-/m0/s1. The van der Waals surface area contributed by atoms with Gasteiger partial charge < -0.3 is 4.90 Å². The Morgan fingerprint density at radius 1 is 1.43 bits per heavy atom. The van der Waals surface area contributed by atoms with Crippen molar-refractivity contribution in [3.8, 4) is 0 Å². The van der Waals surface area contributed by atoms with Crippen LogP contribution in [-0.4, -0.2) is 30.0 Å². The number of likely N-dealkylation sites (tertiary alicyclic amines) is 1. The number of hydrogen-bond donors (Lipinski definition) is 0. The fraction of sp³-hybridized carbons (Fsp3) is 0.583. The molecule has 2 heteroatoms. The van der Waals surface area contributed by atoms with Crippen LogP contribution in [0.1, 0.15) is 30.1 Å². The molecule has 0 radical (unpaired) electrons. The third-order valence-corrected chi connectivity index (χ3v) is 2.95. The maximum Gasteiger partial charge on any atom is 0.0450 e. The molecular weight excluding hydrogens is 172 g/mol. The average molecular weight is 190 g/mol. The molecule has 0 bridgehead atoms. The monoisotopic (exact) mass is 190 g/mol. The van der Waals surface area contributed by atoms with Crippen LogP contribution in [-0.2, 0) is 0 Å². The van der Waals surface area contributed by atoms with Crippen molar-refractivity contribution >= 4 is 0 Å². The molecule has 1 aromatic heterocycles. The summed E-state index contributed by atoms with van der Waals surface area (Å²) in [6, 6.07) is 6.35. The molecule has 1 atom stereocenters. The van der Waals surface area contributed by atoms with Crippen molar-refractivity contribution in [1.29, 1.82) is 0 Å².